The number of rotatable bonds is 13. The molecule has 36 heavy (non-hydrogen) atoms. The van der Waals surface area contributed by atoms with Gasteiger partial charge in [-0.3, -0.25) is 19.6 Å². The van der Waals surface area contributed by atoms with Crippen LogP contribution >= 0.6 is 0 Å². The quantitative estimate of drug-likeness (QED) is 0.167. The Kier molecular flexibility index (Phi) is 11.1. The van der Waals surface area contributed by atoms with Gasteiger partial charge in [0.2, 0.25) is 11.8 Å². The van der Waals surface area contributed by atoms with Crippen LogP contribution in [-0.4, -0.2) is 40.2 Å². The minimum Gasteiger partial charge on any atom is -0.382 e. The molecule has 0 saturated carbocycles. The Hall–Kier alpha value is -3.75. The largest absolute Gasteiger partial charge is 0.382 e. The Balaban J connectivity index is 2.24. The summed E-state index contributed by atoms with van der Waals surface area (Å²) in [4.78, 5) is 38.5. The van der Waals surface area contributed by atoms with Crippen molar-refractivity contribution in [2.24, 2.45) is 11.3 Å². The van der Waals surface area contributed by atoms with Gasteiger partial charge < -0.3 is 15.7 Å². The van der Waals surface area contributed by atoms with Crippen LogP contribution in [0.25, 0.3) is 6.08 Å². The van der Waals surface area contributed by atoms with Crippen molar-refractivity contribution in [1.29, 1.82) is 0 Å². The first-order valence-corrected chi connectivity index (χ1v) is 11.8. The smallest absolute Gasteiger partial charge is 0.272 e. The fourth-order valence-electron chi connectivity index (χ4n) is 3.79. The van der Waals surface area contributed by atoms with Crippen LogP contribution in [0.1, 0.15) is 37.8 Å². The van der Waals surface area contributed by atoms with Gasteiger partial charge in [0.25, 0.3) is 5.91 Å². The van der Waals surface area contributed by atoms with E-state index in [1.807, 2.05) is 74.5 Å². The van der Waals surface area contributed by atoms with Gasteiger partial charge >= 0.3 is 0 Å². The third-order valence-electron chi connectivity index (χ3n) is 5.91. The number of hydrogen-bond acceptors (Lipinski definition) is 5. The fourth-order valence-corrected chi connectivity index (χ4v) is 3.79. The lowest BCUT2D eigenvalue weighted by molar-refractivity contribution is -0.147. The van der Waals surface area contributed by atoms with Crippen LogP contribution in [0.3, 0.4) is 0 Å². The summed E-state index contributed by atoms with van der Waals surface area (Å²) in [6, 6.07) is 17.7. The van der Waals surface area contributed by atoms with Crippen LogP contribution in [-0.2, 0) is 20.9 Å². The van der Waals surface area contributed by atoms with Gasteiger partial charge in [-0.15, -0.1) is 6.58 Å². The maximum atomic E-state index is 13.3. The molecule has 0 bridgehead atoms. The molecule has 3 amide bonds. The molecule has 0 saturated heterocycles. The lowest BCUT2D eigenvalue weighted by Crippen LogP contribution is -2.57. The zero-order valence-electron chi connectivity index (χ0n) is 20.7. The third-order valence-corrected chi connectivity index (χ3v) is 5.91. The minimum absolute atomic E-state index is 0.00441. The van der Waals surface area contributed by atoms with E-state index in [1.54, 1.807) is 18.2 Å². The van der Waals surface area contributed by atoms with Gasteiger partial charge in [0.15, 0.2) is 0 Å². The summed E-state index contributed by atoms with van der Waals surface area (Å²) < 4.78 is 0. The summed E-state index contributed by atoms with van der Waals surface area (Å²) in [5.74, 6) is -3.46. The molecule has 0 aliphatic carbocycles. The van der Waals surface area contributed by atoms with Crippen LogP contribution < -0.4 is 16.1 Å². The monoisotopic (exact) mass is 493 g/mol. The summed E-state index contributed by atoms with van der Waals surface area (Å²) in [6.07, 6.45) is 3.68. The van der Waals surface area contributed by atoms with Crippen molar-refractivity contribution in [3.8, 4) is 0 Å². The van der Waals surface area contributed by atoms with E-state index in [4.69, 9.17) is 5.21 Å². The summed E-state index contributed by atoms with van der Waals surface area (Å²) >= 11 is 0. The highest BCUT2D eigenvalue weighted by Crippen LogP contribution is 2.27. The Morgan fingerprint density at radius 1 is 0.972 bits per heavy atom. The van der Waals surface area contributed by atoms with Gasteiger partial charge in [0.1, 0.15) is 12.1 Å². The SMILES string of the molecule is C=CCC(C)(C)C(NC(=O)[C@H](C/C=C/c1ccccc1)[C@H](O)C(=O)NO)C(=O)NCc1ccccc1. The van der Waals surface area contributed by atoms with Gasteiger partial charge in [-0.25, -0.2) is 5.48 Å². The minimum atomic E-state index is -1.83. The number of aliphatic hydroxyl groups excluding tert-OH is 1. The van der Waals surface area contributed by atoms with Gasteiger partial charge in [-0.2, -0.15) is 0 Å². The molecule has 0 radical (unpaired) electrons. The summed E-state index contributed by atoms with van der Waals surface area (Å²) in [5.41, 5.74) is 2.45. The molecule has 1 unspecified atom stereocenters. The van der Waals surface area contributed by atoms with Crippen LogP contribution in [0, 0.1) is 11.3 Å². The molecular weight excluding hydrogens is 458 g/mol. The Bertz CT molecular complexity index is 1040. The standard InChI is InChI=1S/C28H35N3O5/c1-4-18-28(2,3)24(27(35)29-19-21-14-9-6-10-15-21)30-25(33)22(23(32)26(34)31-36)17-11-16-20-12-7-5-8-13-20/h4-16,22-24,32,36H,1,17-19H2,2-3H3,(H,29,35)(H,30,33)(H,31,34)/b16-11+/t22-,23+,24?/m1/s1. The first kappa shape index (κ1) is 28.5. The second kappa shape index (κ2) is 14.0. The molecule has 0 aliphatic rings. The van der Waals surface area contributed by atoms with Crippen LogP contribution in [0.15, 0.2) is 79.4 Å². The van der Waals surface area contributed by atoms with Crippen LogP contribution in [0.2, 0.25) is 0 Å². The molecule has 0 heterocycles. The summed E-state index contributed by atoms with van der Waals surface area (Å²) in [7, 11) is 0. The highest BCUT2D eigenvalue weighted by molar-refractivity contribution is 5.92. The third kappa shape index (κ3) is 8.48. The first-order valence-electron chi connectivity index (χ1n) is 11.8. The van der Waals surface area contributed by atoms with Gasteiger partial charge in [-0.1, -0.05) is 92.7 Å². The topological polar surface area (TPSA) is 128 Å². The Labute approximate surface area is 212 Å². The highest BCUT2D eigenvalue weighted by atomic mass is 16.5. The van der Waals surface area contributed by atoms with Gasteiger partial charge in [0, 0.05) is 6.54 Å². The van der Waals surface area contributed by atoms with E-state index in [2.05, 4.69) is 17.2 Å². The average Bonchev–Trinajstić information content (AvgIpc) is 2.88. The van der Waals surface area contributed by atoms with Gasteiger partial charge in [-0.05, 0) is 29.4 Å². The number of allylic oxidation sites excluding steroid dienone is 2. The Morgan fingerprint density at radius 2 is 1.58 bits per heavy atom. The normalized spacial score (nSPS) is 13.9. The first-order chi connectivity index (χ1) is 17.2. The van der Waals surface area contributed by atoms with E-state index in [0.29, 0.717) is 6.42 Å². The molecule has 0 spiro atoms. The molecule has 2 rings (SSSR count). The van der Waals surface area contributed by atoms with Crippen molar-refractivity contribution in [3.05, 3.63) is 90.5 Å². The highest BCUT2D eigenvalue weighted by Gasteiger charge is 2.39. The van der Waals surface area contributed by atoms with Crippen molar-refractivity contribution < 1.29 is 24.7 Å². The molecular formula is C28H35N3O5. The molecule has 8 heteroatoms. The number of amides is 3. The maximum Gasteiger partial charge on any atom is 0.272 e. The second-order valence-corrected chi connectivity index (χ2v) is 9.20. The van der Waals surface area contributed by atoms with E-state index in [1.165, 1.54) is 5.48 Å². The van der Waals surface area contributed by atoms with Crippen LogP contribution in [0.4, 0.5) is 0 Å². The maximum absolute atomic E-state index is 13.3. The molecule has 192 valence electrons. The van der Waals surface area contributed by atoms with Crippen LogP contribution in [0.5, 0.6) is 0 Å². The molecule has 2 aromatic carbocycles. The van der Waals surface area contributed by atoms with Gasteiger partial charge in [0.05, 0.1) is 5.92 Å². The van der Waals surface area contributed by atoms with E-state index in [-0.39, 0.29) is 13.0 Å². The molecule has 0 aromatic heterocycles. The van der Waals surface area contributed by atoms with Crippen molar-refractivity contribution in [1.82, 2.24) is 16.1 Å². The average molecular weight is 494 g/mol. The molecule has 3 atom stereocenters. The number of carbonyl (C=O) groups is 3. The van der Waals surface area contributed by atoms with E-state index < -0.39 is 41.2 Å². The predicted molar refractivity (Wildman–Crippen MR) is 138 cm³/mol. The number of aliphatic hydroxyl groups is 1. The van der Waals surface area contributed by atoms with E-state index in [0.717, 1.165) is 11.1 Å². The van der Waals surface area contributed by atoms with E-state index in [9.17, 15) is 19.5 Å². The molecule has 5 N–H and O–H groups in total. The molecule has 0 fully saturated rings. The molecule has 2 aromatic rings. The molecule has 0 aliphatic heterocycles. The summed E-state index contributed by atoms with van der Waals surface area (Å²) in [5, 5.41) is 25.1. The number of nitrogens with one attached hydrogen (secondary N) is 3. The predicted octanol–water partition coefficient (Wildman–Crippen LogP) is 2.98. The second-order valence-electron chi connectivity index (χ2n) is 9.20. The number of benzene rings is 2. The summed E-state index contributed by atoms with van der Waals surface area (Å²) in [6.45, 7) is 7.67. The Morgan fingerprint density at radius 3 is 2.17 bits per heavy atom. The zero-order valence-corrected chi connectivity index (χ0v) is 20.7. The van der Waals surface area contributed by atoms with Crippen molar-refractivity contribution in [2.45, 2.75) is 45.4 Å². The molecule has 8 nitrogen and oxygen atoms in total. The lowest BCUT2D eigenvalue weighted by Gasteiger charge is -2.34. The number of carbonyl (C=O) groups excluding carboxylic acids is 3. The van der Waals surface area contributed by atoms with E-state index >= 15 is 0 Å². The van der Waals surface area contributed by atoms with Crippen molar-refractivity contribution >= 4 is 23.8 Å². The van der Waals surface area contributed by atoms with Crippen molar-refractivity contribution in [2.75, 3.05) is 0 Å². The number of hydrogen-bond donors (Lipinski definition) is 5. The van der Waals surface area contributed by atoms with Crippen molar-refractivity contribution in [3.63, 3.8) is 0 Å². The fraction of sp³-hybridized carbons (Fsp3) is 0.321. The zero-order chi connectivity index (χ0) is 26.6. The number of hydroxylamine groups is 1. The lowest BCUT2D eigenvalue weighted by atomic mass is 9.80.